The molecule has 0 aliphatic heterocycles. The van der Waals surface area contributed by atoms with Gasteiger partial charge >= 0.3 is 0 Å². The van der Waals surface area contributed by atoms with Crippen LogP contribution in [0.5, 0.6) is 0 Å². The Hall–Kier alpha value is -3.13. The normalized spacial score (nSPS) is 10.6. The summed E-state index contributed by atoms with van der Waals surface area (Å²) in [5.41, 5.74) is 6.00. The van der Waals surface area contributed by atoms with E-state index in [4.69, 9.17) is 0 Å². The second-order valence-corrected chi connectivity index (χ2v) is 5.46. The van der Waals surface area contributed by atoms with E-state index in [2.05, 4.69) is 82.8 Å². The van der Waals surface area contributed by atoms with E-state index < -0.39 is 0 Å². The molecule has 0 amide bonds. The van der Waals surface area contributed by atoms with Crippen LogP contribution in [0.1, 0.15) is 0 Å². The monoisotopic (exact) mass is 296 g/mol. The molecule has 23 heavy (non-hydrogen) atoms. The van der Waals surface area contributed by atoms with Crippen LogP contribution in [0.2, 0.25) is 0 Å². The van der Waals surface area contributed by atoms with Crippen LogP contribution < -0.4 is 0 Å². The van der Waals surface area contributed by atoms with Gasteiger partial charge < -0.3 is 4.98 Å². The summed E-state index contributed by atoms with van der Waals surface area (Å²) < 4.78 is 0. The number of hydrogen-bond acceptors (Lipinski definition) is 1. The van der Waals surface area contributed by atoms with Gasteiger partial charge in [-0.15, -0.1) is 0 Å². The fraction of sp³-hybridized carbons (Fsp3) is 0. The summed E-state index contributed by atoms with van der Waals surface area (Å²) in [6.45, 7) is 0. The third kappa shape index (κ3) is 2.79. The molecule has 3 aromatic carbocycles. The molecule has 1 aromatic heterocycles. The summed E-state index contributed by atoms with van der Waals surface area (Å²) >= 11 is 0. The zero-order chi connectivity index (χ0) is 15.5. The Morgan fingerprint density at radius 2 is 1.00 bits per heavy atom. The molecule has 1 heterocycles. The number of hydrogen-bond donors (Lipinski definition) is 1. The highest BCUT2D eigenvalue weighted by Gasteiger charge is 2.02. The van der Waals surface area contributed by atoms with E-state index in [-0.39, 0.29) is 0 Å². The number of aromatic nitrogens is 2. The van der Waals surface area contributed by atoms with Crippen LogP contribution in [0.3, 0.4) is 0 Å². The molecule has 1 N–H and O–H groups in total. The quantitative estimate of drug-likeness (QED) is 0.538. The molecule has 0 atom stereocenters. The fourth-order valence-electron chi connectivity index (χ4n) is 2.73. The maximum atomic E-state index is 4.28. The maximum Gasteiger partial charge on any atom is 0.137 e. The van der Waals surface area contributed by atoms with Crippen molar-refractivity contribution in [3.05, 3.63) is 91.3 Å². The molecule has 110 valence electrons. The number of aromatic amines is 1. The predicted molar refractivity (Wildman–Crippen MR) is 94.9 cm³/mol. The van der Waals surface area contributed by atoms with Gasteiger partial charge in [0.1, 0.15) is 5.82 Å². The van der Waals surface area contributed by atoms with Gasteiger partial charge in [-0.05, 0) is 22.3 Å². The van der Waals surface area contributed by atoms with Gasteiger partial charge in [0.15, 0.2) is 0 Å². The van der Waals surface area contributed by atoms with Crippen molar-refractivity contribution in [1.82, 2.24) is 9.97 Å². The van der Waals surface area contributed by atoms with Crippen LogP contribution >= 0.6 is 0 Å². The van der Waals surface area contributed by atoms with E-state index in [0.29, 0.717) is 0 Å². The standard InChI is InChI=1S/C21H16N2/c1-2-4-16(5-3-1)17-6-8-18(9-7-17)19-10-12-20(13-11-19)21-22-14-15-23-21/h1-15H,(H,22,23). The lowest BCUT2D eigenvalue weighted by molar-refractivity contribution is 1.31. The predicted octanol–water partition coefficient (Wildman–Crippen LogP) is 5.41. The molecular weight excluding hydrogens is 280 g/mol. The summed E-state index contributed by atoms with van der Waals surface area (Å²) in [7, 11) is 0. The Labute approximate surface area is 135 Å². The van der Waals surface area contributed by atoms with Crippen molar-refractivity contribution in [2.24, 2.45) is 0 Å². The molecular formula is C21H16N2. The average molecular weight is 296 g/mol. The molecule has 0 spiro atoms. The first kappa shape index (κ1) is 13.5. The van der Waals surface area contributed by atoms with Crippen LogP contribution in [0.4, 0.5) is 0 Å². The summed E-state index contributed by atoms with van der Waals surface area (Å²) in [6, 6.07) is 27.6. The van der Waals surface area contributed by atoms with Crippen molar-refractivity contribution in [1.29, 1.82) is 0 Å². The summed E-state index contributed by atoms with van der Waals surface area (Å²) in [6.07, 6.45) is 3.61. The maximum absolute atomic E-state index is 4.28. The van der Waals surface area contributed by atoms with Gasteiger partial charge in [0.05, 0.1) is 0 Å². The molecule has 4 rings (SSSR count). The van der Waals surface area contributed by atoms with E-state index in [1.54, 1.807) is 6.20 Å². The molecule has 2 heteroatoms. The van der Waals surface area contributed by atoms with Gasteiger partial charge in [0.2, 0.25) is 0 Å². The first-order valence-corrected chi connectivity index (χ1v) is 7.66. The Balaban J connectivity index is 1.61. The number of nitrogens with one attached hydrogen (secondary N) is 1. The third-order valence-corrected chi connectivity index (χ3v) is 3.98. The van der Waals surface area contributed by atoms with Crippen LogP contribution in [-0.2, 0) is 0 Å². The van der Waals surface area contributed by atoms with E-state index >= 15 is 0 Å². The zero-order valence-corrected chi connectivity index (χ0v) is 12.6. The minimum absolute atomic E-state index is 0.899. The molecule has 0 saturated carbocycles. The smallest absolute Gasteiger partial charge is 0.137 e. The van der Waals surface area contributed by atoms with Gasteiger partial charge in [-0.3, -0.25) is 0 Å². The largest absolute Gasteiger partial charge is 0.345 e. The molecule has 0 unspecified atom stereocenters. The lowest BCUT2D eigenvalue weighted by Gasteiger charge is -2.06. The fourth-order valence-corrected chi connectivity index (χ4v) is 2.73. The third-order valence-electron chi connectivity index (χ3n) is 3.98. The number of benzene rings is 3. The summed E-state index contributed by atoms with van der Waals surface area (Å²) in [5.74, 6) is 0.899. The Bertz CT molecular complexity index is 875. The highest BCUT2D eigenvalue weighted by atomic mass is 14.9. The van der Waals surface area contributed by atoms with Crippen molar-refractivity contribution in [2.45, 2.75) is 0 Å². The second-order valence-electron chi connectivity index (χ2n) is 5.46. The van der Waals surface area contributed by atoms with Gasteiger partial charge in [-0.25, -0.2) is 4.98 Å². The van der Waals surface area contributed by atoms with E-state index in [1.807, 2.05) is 12.3 Å². The number of H-pyrrole nitrogens is 1. The summed E-state index contributed by atoms with van der Waals surface area (Å²) in [5, 5.41) is 0. The van der Waals surface area contributed by atoms with Crippen molar-refractivity contribution in [2.75, 3.05) is 0 Å². The number of imidazole rings is 1. The molecule has 0 bridgehead atoms. The van der Waals surface area contributed by atoms with E-state index in [1.165, 1.54) is 22.3 Å². The van der Waals surface area contributed by atoms with Gasteiger partial charge in [-0.2, -0.15) is 0 Å². The van der Waals surface area contributed by atoms with Crippen LogP contribution in [0.15, 0.2) is 91.3 Å². The number of rotatable bonds is 3. The molecule has 0 saturated heterocycles. The van der Waals surface area contributed by atoms with Crippen molar-refractivity contribution in [3.8, 4) is 33.6 Å². The van der Waals surface area contributed by atoms with Gasteiger partial charge in [0.25, 0.3) is 0 Å². The zero-order valence-electron chi connectivity index (χ0n) is 12.6. The SMILES string of the molecule is c1ccc(-c2ccc(-c3ccc(-c4ncc[nH]4)cc3)cc2)cc1. The van der Waals surface area contributed by atoms with Crippen molar-refractivity contribution in [3.63, 3.8) is 0 Å². The minimum atomic E-state index is 0.899. The molecule has 0 radical (unpaired) electrons. The van der Waals surface area contributed by atoms with Gasteiger partial charge in [-0.1, -0.05) is 78.9 Å². The van der Waals surface area contributed by atoms with Gasteiger partial charge in [0, 0.05) is 18.0 Å². The first-order chi connectivity index (χ1) is 11.4. The Kier molecular flexibility index (Phi) is 3.49. The molecule has 0 aliphatic carbocycles. The second kappa shape index (κ2) is 5.93. The van der Waals surface area contributed by atoms with E-state index in [0.717, 1.165) is 11.4 Å². The Morgan fingerprint density at radius 3 is 1.48 bits per heavy atom. The molecule has 2 nitrogen and oxygen atoms in total. The van der Waals surface area contributed by atoms with Crippen LogP contribution in [0.25, 0.3) is 33.6 Å². The minimum Gasteiger partial charge on any atom is -0.345 e. The lowest BCUT2D eigenvalue weighted by Crippen LogP contribution is -1.83. The number of nitrogens with zero attached hydrogens (tertiary/aromatic N) is 1. The first-order valence-electron chi connectivity index (χ1n) is 7.66. The van der Waals surface area contributed by atoms with Crippen molar-refractivity contribution < 1.29 is 0 Å². The highest BCUT2D eigenvalue weighted by molar-refractivity contribution is 5.72. The average Bonchev–Trinajstić information content (AvgIpc) is 3.18. The van der Waals surface area contributed by atoms with Crippen LogP contribution in [-0.4, -0.2) is 9.97 Å². The van der Waals surface area contributed by atoms with Crippen LogP contribution in [0, 0.1) is 0 Å². The molecule has 0 fully saturated rings. The van der Waals surface area contributed by atoms with E-state index in [9.17, 15) is 0 Å². The Morgan fingerprint density at radius 1 is 0.522 bits per heavy atom. The lowest BCUT2D eigenvalue weighted by atomic mass is 9.99. The topological polar surface area (TPSA) is 28.7 Å². The highest BCUT2D eigenvalue weighted by Crippen LogP contribution is 2.26. The summed E-state index contributed by atoms with van der Waals surface area (Å²) in [4.78, 5) is 7.41. The molecule has 0 aliphatic rings. The molecule has 4 aromatic rings. The van der Waals surface area contributed by atoms with Crippen molar-refractivity contribution >= 4 is 0 Å².